The summed E-state index contributed by atoms with van der Waals surface area (Å²) in [4.78, 5) is 24.7. The fourth-order valence-corrected chi connectivity index (χ4v) is 2.92. The number of halogens is 1. The van der Waals surface area contributed by atoms with Gasteiger partial charge in [-0.3, -0.25) is 0 Å². The van der Waals surface area contributed by atoms with E-state index in [9.17, 15) is 4.79 Å². The first-order valence-electron chi connectivity index (χ1n) is 8.60. The smallest absolute Gasteiger partial charge is 0.409 e. The zero-order valence-electron chi connectivity index (χ0n) is 14.9. The first-order valence-corrected chi connectivity index (χ1v) is 8.98. The standard InChI is InChI=1S/C18H22ClN5O2/c1-3-26-18(25)24-10-8-23(9-11-24)17-12-16(20-13(2)21-17)22-15-6-4-14(19)5-7-15/h4-7,12H,3,8-11H2,1-2H3,(H,20,21,22). The summed E-state index contributed by atoms with van der Waals surface area (Å²) in [5.74, 6) is 2.26. The van der Waals surface area contributed by atoms with Crippen LogP contribution in [0.5, 0.6) is 0 Å². The van der Waals surface area contributed by atoms with Crippen LogP contribution in [0.4, 0.5) is 22.1 Å². The Labute approximate surface area is 157 Å². The van der Waals surface area contributed by atoms with Crippen LogP contribution in [-0.4, -0.2) is 53.7 Å². The molecule has 0 radical (unpaired) electrons. The topological polar surface area (TPSA) is 70.6 Å². The van der Waals surface area contributed by atoms with E-state index >= 15 is 0 Å². The molecule has 2 heterocycles. The molecule has 1 aromatic carbocycles. The molecular weight excluding hydrogens is 354 g/mol. The van der Waals surface area contributed by atoms with Gasteiger partial charge in [0.15, 0.2) is 0 Å². The summed E-state index contributed by atoms with van der Waals surface area (Å²) < 4.78 is 5.06. The number of carbonyl (C=O) groups excluding carboxylic acids is 1. The Morgan fingerprint density at radius 2 is 1.88 bits per heavy atom. The van der Waals surface area contributed by atoms with Gasteiger partial charge in [0.05, 0.1) is 6.61 Å². The molecule has 0 unspecified atom stereocenters. The summed E-state index contributed by atoms with van der Waals surface area (Å²) in [7, 11) is 0. The molecule has 26 heavy (non-hydrogen) atoms. The van der Waals surface area contributed by atoms with Crippen LogP contribution in [0, 0.1) is 6.92 Å². The van der Waals surface area contributed by atoms with Crippen LogP contribution < -0.4 is 10.2 Å². The molecule has 1 aliphatic heterocycles. The van der Waals surface area contributed by atoms with Crippen LogP contribution >= 0.6 is 11.6 Å². The Kier molecular flexibility index (Phi) is 5.78. The predicted octanol–water partition coefficient (Wildman–Crippen LogP) is 3.46. The van der Waals surface area contributed by atoms with Crippen molar-refractivity contribution in [2.75, 3.05) is 43.0 Å². The predicted molar refractivity (Wildman–Crippen MR) is 102 cm³/mol. The molecular formula is C18H22ClN5O2. The van der Waals surface area contributed by atoms with E-state index in [0.29, 0.717) is 43.6 Å². The van der Waals surface area contributed by atoms with E-state index in [1.54, 1.807) is 4.90 Å². The summed E-state index contributed by atoms with van der Waals surface area (Å²) >= 11 is 5.92. The maximum atomic E-state index is 11.8. The lowest BCUT2D eigenvalue weighted by molar-refractivity contribution is 0.105. The molecule has 3 rings (SSSR count). The van der Waals surface area contributed by atoms with Gasteiger partial charge in [-0.15, -0.1) is 0 Å². The zero-order valence-corrected chi connectivity index (χ0v) is 15.7. The molecule has 0 aliphatic carbocycles. The highest BCUT2D eigenvalue weighted by Crippen LogP contribution is 2.22. The maximum Gasteiger partial charge on any atom is 0.409 e. The number of nitrogens with zero attached hydrogens (tertiary/aromatic N) is 4. The first-order chi connectivity index (χ1) is 12.5. The van der Waals surface area contributed by atoms with Gasteiger partial charge < -0.3 is 19.9 Å². The number of carbonyl (C=O) groups is 1. The second-order valence-corrected chi connectivity index (χ2v) is 6.40. The lowest BCUT2D eigenvalue weighted by Crippen LogP contribution is -2.49. The second-order valence-electron chi connectivity index (χ2n) is 5.96. The second kappa shape index (κ2) is 8.23. The van der Waals surface area contributed by atoms with Gasteiger partial charge in [-0.1, -0.05) is 11.6 Å². The highest BCUT2D eigenvalue weighted by molar-refractivity contribution is 6.30. The Hall–Kier alpha value is -2.54. The van der Waals surface area contributed by atoms with Gasteiger partial charge in [0.2, 0.25) is 0 Å². The highest BCUT2D eigenvalue weighted by Gasteiger charge is 2.23. The number of piperazine rings is 1. The van der Waals surface area contributed by atoms with Gasteiger partial charge in [0.25, 0.3) is 0 Å². The molecule has 0 spiro atoms. The zero-order chi connectivity index (χ0) is 18.5. The third-order valence-electron chi connectivity index (χ3n) is 4.07. The van der Waals surface area contributed by atoms with Crippen molar-refractivity contribution in [3.8, 4) is 0 Å². The number of hydrogen-bond acceptors (Lipinski definition) is 6. The van der Waals surface area contributed by atoms with Gasteiger partial charge in [-0.25, -0.2) is 14.8 Å². The molecule has 1 fully saturated rings. The highest BCUT2D eigenvalue weighted by atomic mass is 35.5. The van der Waals surface area contributed by atoms with Crippen LogP contribution in [0.1, 0.15) is 12.7 Å². The number of aryl methyl sites for hydroxylation is 1. The number of aromatic nitrogens is 2. The fraction of sp³-hybridized carbons (Fsp3) is 0.389. The minimum atomic E-state index is -0.254. The molecule has 8 heteroatoms. The van der Waals surface area contributed by atoms with Crippen molar-refractivity contribution in [1.29, 1.82) is 0 Å². The number of anilines is 3. The van der Waals surface area contributed by atoms with Gasteiger partial charge in [-0.05, 0) is 38.1 Å². The van der Waals surface area contributed by atoms with E-state index in [0.717, 1.165) is 17.3 Å². The van der Waals surface area contributed by atoms with Gasteiger partial charge in [-0.2, -0.15) is 0 Å². The van der Waals surface area contributed by atoms with Crippen molar-refractivity contribution >= 4 is 35.0 Å². The average Bonchev–Trinajstić information content (AvgIpc) is 2.63. The van der Waals surface area contributed by atoms with E-state index < -0.39 is 0 Å². The number of benzene rings is 1. The van der Waals surface area contributed by atoms with Crippen molar-refractivity contribution in [3.05, 3.63) is 41.2 Å². The van der Waals surface area contributed by atoms with Crippen LogP contribution in [0.2, 0.25) is 5.02 Å². The third kappa shape index (κ3) is 4.54. The molecule has 7 nitrogen and oxygen atoms in total. The number of rotatable bonds is 4. The molecule has 0 saturated carbocycles. The molecule has 138 valence electrons. The molecule has 2 aromatic rings. The lowest BCUT2D eigenvalue weighted by Gasteiger charge is -2.34. The Morgan fingerprint density at radius 3 is 2.54 bits per heavy atom. The molecule has 0 bridgehead atoms. The van der Waals surface area contributed by atoms with Crippen molar-refractivity contribution in [2.45, 2.75) is 13.8 Å². The van der Waals surface area contributed by atoms with Crippen molar-refractivity contribution in [3.63, 3.8) is 0 Å². The monoisotopic (exact) mass is 375 g/mol. The molecule has 1 saturated heterocycles. The van der Waals surface area contributed by atoms with E-state index in [4.69, 9.17) is 16.3 Å². The number of nitrogens with one attached hydrogen (secondary N) is 1. The van der Waals surface area contributed by atoms with Gasteiger partial charge >= 0.3 is 6.09 Å². The minimum absolute atomic E-state index is 0.254. The average molecular weight is 376 g/mol. The summed E-state index contributed by atoms with van der Waals surface area (Å²) in [5, 5.41) is 3.96. The Bertz CT molecular complexity index is 761. The van der Waals surface area contributed by atoms with Crippen LogP contribution in [0.15, 0.2) is 30.3 Å². The summed E-state index contributed by atoms with van der Waals surface area (Å²) in [5.41, 5.74) is 0.908. The number of hydrogen-bond donors (Lipinski definition) is 1. The maximum absolute atomic E-state index is 11.8. The van der Waals surface area contributed by atoms with Gasteiger partial charge in [0, 0.05) is 43.0 Å². The quantitative estimate of drug-likeness (QED) is 0.882. The lowest BCUT2D eigenvalue weighted by atomic mass is 10.3. The van der Waals surface area contributed by atoms with E-state index in [1.165, 1.54) is 0 Å². The molecule has 1 aliphatic rings. The molecule has 1 aromatic heterocycles. The van der Waals surface area contributed by atoms with E-state index in [-0.39, 0.29) is 6.09 Å². The van der Waals surface area contributed by atoms with E-state index in [1.807, 2.05) is 44.2 Å². The molecule has 1 N–H and O–H groups in total. The third-order valence-corrected chi connectivity index (χ3v) is 4.32. The van der Waals surface area contributed by atoms with Crippen molar-refractivity contribution in [1.82, 2.24) is 14.9 Å². The summed E-state index contributed by atoms with van der Waals surface area (Å²) in [6.07, 6.45) is -0.254. The summed E-state index contributed by atoms with van der Waals surface area (Å²) in [6.45, 7) is 6.71. The Morgan fingerprint density at radius 1 is 1.19 bits per heavy atom. The minimum Gasteiger partial charge on any atom is -0.450 e. The molecule has 0 atom stereocenters. The number of ether oxygens (including phenoxy) is 1. The van der Waals surface area contributed by atoms with Gasteiger partial charge in [0.1, 0.15) is 17.5 Å². The number of amides is 1. The first kappa shape index (κ1) is 18.3. The van der Waals surface area contributed by atoms with Crippen LogP contribution in [-0.2, 0) is 4.74 Å². The fourth-order valence-electron chi connectivity index (χ4n) is 2.79. The van der Waals surface area contributed by atoms with E-state index in [2.05, 4.69) is 20.2 Å². The van der Waals surface area contributed by atoms with Crippen LogP contribution in [0.25, 0.3) is 0 Å². The molecule has 1 amide bonds. The normalized spacial score (nSPS) is 14.3. The summed E-state index contributed by atoms with van der Waals surface area (Å²) in [6, 6.07) is 9.37. The van der Waals surface area contributed by atoms with Crippen molar-refractivity contribution in [2.24, 2.45) is 0 Å². The van der Waals surface area contributed by atoms with Crippen molar-refractivity contribution < 1.29 is 9.53 Å². The Balaban J connectivity index is 1.68. The SMILES string of the molecule is CCOC(=O)N1CCN(c2cc(Nc3ccc(Cl)cc3)nc(C)n2)CC1. The van der Waals surface area contributed by atoms with Crippen LogP contribution in [0.3, 0.4) is 0 Å². The largest absolute Gasteiger partial charge is 0.450 e.